The van der Waals surface area contributed by atoms with Crippen molar-refractivity contribution in [1.82, 2.24) is 5.01 Å². The summed E-state index contributed by atoms with van der Waals surface area (Å²) in [4.78, 5) is 11.0. The van der Waals surface area contributed by atoms with Gasteiger partial charge in [0.25, 0.3) is 0 Å². The molecule has 0 aliphatic carbocycles. The van der Waals surface area contributed by atoms with Crippen LogP contribution in [0.4, 0.5) is 0 Å². The van der Waals surface area contributed by atoms with E-state index in [1.165, 1.54) is 5.01 Å². The fraction of sp³-hybridized carbons (Fsp3) is 0.625. The zero-order chi connectivity index (χ0) is 16.1. The first-order valence-corrected chi connectivity index (χ1v) is 8.57. The highest BCUT2D eigenvalue weighted by Crippen LogP contribution is 2.43. The van der Waals surface area contributed by atoms with Crippen molar-refractivity contribution >= 4 is 15.9 Å². The van der Waals surface area contributed by atoms with Gasteiger partial charge in [0.15, 0.2) is 11.5 Å². The summed E-state index contributed by atoms with van der Waals surface area (Å²) in [5.41, 5.74) is 2.13. The molecule has 0 saturated heterocycles. The smallest absolute Gasteiger partial charge is 0.165 e. The Balaban J connectivity index is 2.29. The van der Waals surface area contributed by atoms with Gasteiger partial charge in [-0.1, -0.05) is 29.3 Å². The van der Waals surface area contributed by atoms with Gasteiger partial charge in [0, 0.05) is 22.5 Å². The van der Waals surface area contributed by atoms with Crippen LogP contribution in [0.3, 0.4) is 0 Å². The minimum absolute atomic E-state index is 0.0540. The van der Waals surface area contributed by atoms with E-state index in [2.05, 4.69) is 28.1 Å². The van der Waals surface area contributed by atoms with Crippen LogP contribution in [0.5, 0.6) is 11.5 Å². The van der Waals surface area contributed by atoms with Crippen LogP contribution in [-0.4, -0.2) is 24.3 Å². The van der Waals surface area contributed by atoms with Crippen molar-refractivity contribution in [3.05, 3.63) is 26.6 Å². The van der Waals surface area contributed by atoms with Crippen molar-refractivity contribution in [2.75, 3.05) is 13.2 Å². The Morgan fingerprint density at radius 2 is 2.27 bits per heavy atom. The molecule has 0 fully saturated rings. The second-order valence-electron chi connectivity index (χ2n) is 5.73. The maximum Gasteiger partial charge on any atom is 0.165 e. The monoisotopic (exact) mass is 370 g/mol. The average molecular weight is 371 g/mol. The van der Waals surface area contributed by atoms with E-state index in [1.54, 1.807) is 0 Å². The van der Waals surface area contributed by atoms with Crippen molar-refractivity contribution in [1.29, 1.82) is 0 Å². The normalized spacial score (nSPS) is 13.0. The average Bonchev–Trinajstić information content (AvgIpc) is 2.98. The Morgan fingerprint density at radius 1 is 1.50 bits per heavy atom. The van der Waals surface area contributed by atoms with Crippen LogP contribution in [0.15, 0.2) is 15.8 Å². The molecule has 22 heavy (non-hydrogen) atoms. The number of fused-ring (bicyclic) bond motifs is 1. The maximum atomic E-state index is 11.0. The van der Waals surface area contributed by atoms with Crippen molar-refractivity contribution in [3.63, 3.8) is 0 Å². The quantitative estimate of drug-likeness (QED) is 0.385. The molecule has 0 bridgehead atoms. The summed E-state index contributed by atoms with van der Waals surface area (Å²) in [6.45, 7) is 7.83. The van der Waals surface area contributed by atoms with Crippen LogP contribution in [0.25, 0.3) is 0 Å². The fourth-order valence-electron chi connectivity index (χ4n) is 2.40. The predicted octanol–water partition coefficient (Wildman–Crippen LogP) is 4.45. The maximum absolute atomic E-state index is 11.0. The van der Waals surface area contributed by atoms with Gasteiger partial charge in [-0.2, -0.15) is 0 Å². The Labute approximate surface area is 140 Å². The van der Waals surface area contributed by atoms with Crippen LogP contribution < -0.4 is 9.47 Å². The SMILES string of the molecule is CCCCOc1cc(CN(N=O)C(C)C)c(Br)c2c1OCC2. The molecule has 1 aliphatic heterocycles. The summed E-state index contributed by atoms with van der Waals surface area (Å²) in [5, 5.41) is 4.64. The third-order valence-electron chi connectivity index (χ3n) is 3.74. The molecule has 122 valence electrons. The van der Waals surface area contributed by atoms with Gasteiger partial charge < -0.3 is 9.47 Å². The van der Waals surface area contributed by atoms with Crippen molar-refractivity contribution in [2.45, 2.75) is 52.6 Å². The fourth-order valence-corrected chi connectivity index (χ4v) is 3.01. The number of nitrogens with zero attached hydrogens (tertiary/aromatic N) is 2. The minimum Gasteiger partial charge on any atom is -0.490 e. The van der Waals surface area contributed by atoms with Gasteiger partial charge in [0.2, 0.25) is 0 Å². The molecule has 0 N–H and O–H groups in total. The first kappa shape index (κ1) is 17.1. The van der Waals surface area contributed by atoms with E-state index in [0.717, 1.165) is 46.4 Å². The lowest BCUT2D eigenvalue weighted by atomic mass is 10.1. The van der Waals surface area contributed by atoms with E-state index in [1.807, 2.05) is 19.9 Å². The molecular weight excluding hydrogens is 348 g/mol. The van der Waals surface area contributed by atoms with E-state index in [0.29, 0.717) is 19.8 Å². The van der Waals surface area contributed by atoms with Gasteiger partial charge in [-0.15, -0.1) is 4.91 Å². The van der Waals surface area contributed by atoms with Gasteiger partial charge in [-0.25, -0.2) is 0 Å². The second-order valence-corrected chi connectivity index (χ2v) is 6.52. The number of hydrogen-bond acceptors (Lipinski definition) is 4. The lowest BCUT2D eigenvalue weighted by molar-refractivity contribution is 0.218. The summed E-state index contributed by atoms with van der Waals surface area (Å²) < 4.78 is 12.6. The lowest BCUT2D eigenvalue weighted by Crippen LogP contribution is -2.24. The Bertz CT molecular complexity index is 535. The third kappa shape index (κ3) is 3.72. The standard InChI is InChI=1S/C16H23BrN2O3/c1-4-5-7-21-14-9-12(10-19(18-20)11(2)3)15(17)13-6-8-22-16(13)14/h9,11H,4-8,10H2,1-3H3. The molecule has 0 aromatic heterocycles. The molecule has 0 amide bonds. The topological polar surface area (TPSA) is 51.1 Å². The molecule has 0 atom stereocenters. The molecular formula is C16H23BrN2O3. The summed E-state index contributed by atoms with van der Waals surface area (Å²) >= 11 is 3.65. The highest BCUT2D eigenvalue weighted by atomic mass is 79.9. The number of unbranched alkanes of at least 4 members (excludes halogenated alkanes) is 1. The van der Waals surface area contributed by atoms with E-state index >= 15 is 0 Å². The molecule has 2 rings (SSSR count). The largest absolute Gasteiger partial charge is 0.490 e. The Hall–Kier alpha value is -1.30. The number of rotatable bonds is 8. The highest BCUT2D eigenvalue weighted by molar-refractivity contribution is 9.10. The van der Waals surface area contributed by atoms with Gasteiger partial charge in [0.1, 0.15) is 0 Å². The molecule has 1 aromatic rings. The molecule has 0 saturated carbocycles. The van der Waals surface area contributed by atoms with E-state index < -0.39 is 0 Å². The van der Waals surface area contributed by atoms with E-state index in [4.69, 9.17) is 9.47 Å². The Kier molecular flexibility index (Phi) is 6.06. The summed E-state index contributed by atoms with van der Waals surface area (Å²) in [7, 11) is 0. The van der Waals surface area contributed by atoms with Crippen LogP contribution in [0.2, 0.25) is 0 Å². The number of benzene rings is 1. The minimum atomic E-state index is 0.0540. The number of ether oxygens (including phenoxy) is 2. The van der Waals surface area contributed by atoms with Gasteiger partial charge in [-0.05, 0) is 31.9 Å². The zero-order valence-corrected chi connectivity index (χ0v) is 15.0. The van der Waals surface area contributed by atoms with E-state index in [-0.39, 0.29) is 6.04 Å². The zero-order valence-electron chi connectivity index (χ0n) is 13.4. The van der Waals surface area contributed by atoms with Crippen LogP contribution in [-0.2, 0) is 13.0 Å². The van der Waals surface area contributed by atoms with Crippen LogP contribution in [0, 0.1) is 4.91 Å². The number of halogens is 1. The molecule has 1 aliphatic rings. The lowest BCUT2D eigenvalue weighted by Gasteiger charge is -2.21. The number of nitroso groups, excluding NO2 is 1. The molecule has 6 heteroatoms. The molecule has 0 spiro atoms. The van der Waals surface area contributed by atoms with Gasteiger partial charge in [-0.3, -0.25) is 5.01 Å². The first-order valence-electron chi connectivity index (χ1n) is 7.78. The molecule has 1 aromatic carbocycles. The molecule has 0 radical (unpaired) electrons. The summed E-state index contributed by atoms with van der Waals surface area (Å²) in [6, 6.07) is 2.02. The summed E-state index contributed by atoms with van der Waals surface area (Å²) in [5.74, 6) is 1.61. The van der Waals surface area contributed by atoms with Crippen LogP contribution >= 0.6 is 15.9 Å². The molecule has 0 unspecified atom stereocenters. The predicted molar refractivity (Wildman–Crippen MR) is 90.2 cm³/mol. The van der Waals surface area contributed by atoms with Gasteiger partial charge in [0.05, 0.1) is 25.0 Å². The first-order chi connectivity index (χ1) is 10.6. The van der Waals surface area contributed by atoms with Crippen LogP contribution in [0.1, 0.15) is 44.7 Å². The van der Waals surface area contributed by atoms with Crippen molar-refractivity contribution in [2.24, 2.45) is 5.29 Å². The molecule has 1 heterocycles. The van der Waals surface area contributed by atoms with Crippen molar-refractivity contribution in [3.8, 4) is 11.5 Å². The summed E-state index contributed by atoms with van der Waals surface area (Å²) in [6.07, 6.45) is 2.95. The highest BCUT2D eigenvalue weighted by Gasteiger charge is 2.24. The third-order valence-corrected chi connectivity index (χ3v) is 4.73. The second kappa shape index (κ2) is 7.81. The van der Waals surface area contributed by atoms with Gasteiger partial charge >= 0.3 is 0 Å². The number of hydrogen-bond donors (Lipinski definition) is 0. The Morgan fingerprint density at radius 3 is 2.91 bits per heavy atom. The van der Waals surface area contributed by atoms with E-state index in [9.17, 15) is 4.91 Å². The van der Waals surface area contributed by atoms with Crippen molar-refractivity contribution < 1.29 is 9.47 Å². The molecule has 5 nitrogen and oxygen atoms in total.